The lowest BCUT2D eigenvalue weighted by atomic mass is 10.1. The Morgan fingerprint density at radius 2 is 1.47 bits per heavy atom. The van der Waals surface area contributed by atoms with Crippen LogP contribution in [-0.4, -0.2) is 25.4 Å². The van der Waals surface area contributed by atoms with Crippen molar-refractivity contribution in [3.8, 4) is 0 Å². The smallest absolute Gasteiger partial charge is 0.303 e. The number of hydrogen-bond acceptors (Lipinski definition) is 4. The molecule has 0 aromatic heterocycles. The zero-order valence-electron chi connectivity index (χ0n) is 15.9. The van der Waals surface area contributed by atoms with Gasteiger partial charge in [-0.2, -0.15) is 0 Å². The van der Waals surface area contributed by atoms with E-state index in [1.165, 1.54) is 24.3 Å². The van der Waals surface area contributed by atoms with Crippen molar-refractivity contribution in [2.45, 2.75) is 17.7 Å². The van der Waals surface area contributed by atoms with Gasteiger partial charge in [-0.05, 0) is 48.4 Å². The SMILES string of the molecule is O=C(O)CCc1ccc(S(=O)(=O)Nc2ccccc2C(=O)Nc2ccccc2)cc1. The second kappa shape index (κ2) is 9.23. The summed E-state index contributed by atoms with van der Waals surface area (Å²) in [5.74, 6) is -1.36. The number of benzene rings is 3. The highest BCUT2D eigenvalue weighted by molar-refractivity contribution is 7.92. The van der Waals surface area contributed by atoms with E-state index in [-0.39, 0.29) is 22.6 Å². The molecule has 7 nitrogen and oxygen atoms in total. The van der Waals surface area contributed by atoms with Gasteiger partial charge in [0.25, 0.3) is 15.9 Å². The van der Waals surface area contributed by atoms with Crippen molar-refractivity contribution in [3.05, 3.63) is 90.0 Å². The van der Waals surface area contributed by atoms with Crippen LogP contribution in [0.15, 0.2) is 83.8 Å². The van der Waals surface area contributed by atoms with Crippen LogP contribution in [-0.2, 0) is 21.2 Å². The summed E-state index contributed by atoms with van der Waals surface area (Å²) >= 11 is 0. The highest BCUT2D eigenvalue weighted by Gasteiger charge is 2.19. The van der Waals surface area contributed by atoms with Crippen LogP contribution in [0.5, 0.6) is 0 Å². The van der Waals surface area contributed by atoms with Gasteiger partial charge in [-0.25, -0.2) is 8.42 Å². The topological polar surface area (TPSA) is 113 Å². The molecule has 3 aromatic carbocycles. The molecule has 3 N–H and O–H groups in total. The highest BCUT2D eigenvalue weighted by atomic mass is 32.2. The number of carboxylic acid groups (broad SMARTS) is 1. The zero-order chi connectivity index (χ0) is 21.6. The molecule has 0 fully saturated rings. The van der Waals surface area contributed by atoms with E-state index in [1.807, 2.05) is 6.07 Å². The molecule has 0 aliphatic heterocycles. The molecule has 3 rings (SSSR count). The summed E-state index contributed by atoms with van der Waals surface area (Å²) < 4.78 is 28.0. The van der Waals surface area contributed by atoms with Gasteiger partial charge in [0.1, 0.15) is 0 Å². The molecule has 0 spiro atoms. The van der Waals surface area contributed by atoms with E-state index < -0.39 is 21.9 Å². The molecular formula is C22H20N2O5S. The number of sulfonamides is 1. The van der Waals surface area contributed by atoms with Gasteiger partial charge in [0.2, 0.25) is 0 Å². The second-order valence-corrected chi connectivity index (χ2v) is 8.19. The number of carbonyl (C=O) groups excluding carboxylic acids is 1. The fraction of sp³-hybridized carbons (Fsp3) is 0.0909. The maximum absolute atomic E-state index is 12.8. The number of anilines is 2. The van der Waals surface area contributed by atoms with Crippen molar-refractivity contribution in [3.63, 3.8) is 0 Å². The third-order valence-electron chi connectivity index (χ3n) is 4.31. The van der Waals surface area contributed by atoms with E-state index in [4.69, 9.17) is 5.11 Å². The zero-order valence-corrected chi connectivity index (χ0v) is 16.7. The van der Waals surface area contributed by atoms with E-state index in [9.17, 15) is 18.0 Å². The van der Waals surface area contributed by atoms with Crippen LogP contribution in [0, 0.1) is 0 Å². The Bertz CT molecular complexity index is 1140. The van der Waals surface area contributed by atoms with Gasteiger partial charge in [-0.15, -0.1) is 0 Å². The Labute approximate surface area is 174 Å². The standard InChI is InChI=1S/C22H20N2O5S/c25-21(26)15-12-16-10-13-18(14-11-16)30(28,29)24-20-9-5-4-8-19(20)22(27)23-17-6-2-1-3-7-17/h1-11,13-14,24H,12,15H2,(H,23,27)(H,25,26). The third-order valence-corrected chi connectivity index (χ3v) is 5.69. The number of hydrogen-bond donors (Lipinski definition) is 3. The quantitative estimate of drug-likeness (QED) is 0.510. The van der Waals surface area contributed by atoms with Crippen molar-refractivity contribution in [2.24, 2.45) is 0 Å². The fourth-order valence-electron chi connectivity index (χ4n) is 2.78. The number of para-hydroxylation sites is 2. The van der Waals surface area contributed by atoms with E-state index >= 15 is 0 Å². The molecule has 0 saturated heterocycles. The van der Waals surface area contributed by atoms with Crippen LogP contribution in [0.4, 0.5) is 11.4 Å². The van der Waals surface area contributed by atoms with Gasteiger partial charge in [-0.3, -0.25) is 14.3 Å². The minimum Gasteiger partial charge on any atom is -0.481 e. The molecule has 1 amide bonds. The molecule has 0 saturated carbocycles. The molecule has 0 heterocycles. The van der Waals surface area contributed by atoms with Crippen LogP contribution >= 0.6 is 0 Å². The first kappa shape index (κ1) is 21.1. The van der Waals surface area contributed by atoms with Crippen LogP contribution in [0.3, 0.4) is 0 Å². The molecule has 0 aliphatic carbocycles. The van der Waals surface area contributed by atoms with E-state index in [1.54, 1.807) is 48.5 Å². The third kappa shape index (κ3) is 5.45. The number of carbonyl (C=O) groups is 2. The van der Waals surface area contributed by atoms with Gasteiger partial charge in [0.05, 0.1) is 16.1 Å². The lowest BCUT2D eigenvalue weighted by Crippen LogP contribution is -2.18. The van der Waals surface area contributed by atoms with Gasteiger partial charge < -0.3 is 10.4 Å². The number of aliphatic carboxylic acids is 1. The Hall–Kier alpha value is -3.65. The van der Waals surface area contributed by atoms with Crippen LogP contribution in [0.1, 0.15) is 22.3 Å². The number of nitrogens with one attached hydrogen (secondary N) is 2. The van der Waals surface area contributed by atoms with E-state index in [0.717, 1.165) is 5.56 Å². The van der Waals surface area contributed by atoms with E-state index in [0.29, 0.717) is 12.1 Å². The average Bonchev–Trinajstić information content (AvgIpc) is 2.73. The lowest BCUT2D eigenvalue weighted by Gasteiger charge is -2.13. The summed E-state index contributed by atoms with van der Waals surface area (Å²) in [7, 11) is -3.94. The molecule has 0 radical (unpaired) electrons. The van der Waals surface area contributed by atoms with Gasteiger partial charge in [0.15, 0.2) is 0 Å². The lowest BCUT2D eigenvalue weighted by molar-refractivity contribution is -0.136. The van der Waals surface area contributed by atoms with E-state index in [2.05, 4.69) is 10.0 Å². The number of aryl methyl sites for hydroxylation is 1. The highest BCUT2D eigenvalue weighted by Crippen LogP contribution is 2.22. The summed E-state index contributed by atoms with van der Waals surface area (Å²) in [5, 5.41) is 11.5. The summed E-state index contributed by atoms with van der Waals surface area (Å²) in [6.45, 7) is 0. The largest absolute Gasteiger partial charge is 0.481 e. The summed E-state index contributed by atoms with van der Waals surface area (Å²) in [4.78, 5) is 23.3. The van der Waals surface area contributed by atoms with Crippen molar-refractivity contribution in [1.29, 1.82) is 0 Å². The van der Waals surface area contributed by atoms with Crippen LogP contribution in [0.2, 0.25) is 0 Å². The fourth-order valence-corrected chi connectivity index (χ4v) is 3.86. The molecule has 30 heavy (non-hydrogen) atoms. The minimum atomic E-state index is -3.94. The van der Waals surface area contributed by atoms with Crippen LogP contribution < -0.4 is 10.0 Å². The Kier molecular flexibility index (Phi) is 6.48. The second-order valence-electron chi connectivity index (χ2n) is 6.51. The summed E-state index contributed by atoms with van der Waals surface area (Å²) in [5.41, 5.74) is 1.65. The number of rotatable bonds is 8. The minimum absolute atomic E-state index is 0.0137. The molecule has 0 atom stereocenters. The first-order chi connectivity index (χ1) is 14.3. The normalized spacial score (nSPS) is 10.9. The maximum Gasteiger partial charge on any atom is 0.303 e. The first-order valence-electron chi connectivity index (χ1n) is 9.14. The van der Waals surface area contributed by atoms with Gasteiger partial charge in [0, 0.05) is 12.1 Å². The van der Waals surface area contributed by atoms with Crippen molar-refractivity contribution in [1.82, 2.24) is 0 Å². The first-order valence-corrected chi connectivity index (χ1v) is 10.6. The Morgan fingerprint density at radius 1 is 0.833 bits per heavy atom. The monoisotopic (exact) mass is 424 g/mol. The van der Waals surface area contributed by atoms with Crippen molar-refractivity contribution < 1.29 is 23.1 Å². The molecule has 0 bridgehead atoms. The number of amides is 1. The predicted molar refractivity (Wildman–Crippen MR) is 114 cm³/mol. The molecule has 154 valence electrons. The van der Waals surface area contributed by atoms with Gasteiger partial charge in [-0.1, -0.05) is 42.5 Å². The average molecular weight is 424 g/mol. The van der Waals surface area contributed by atoms with Crippen molar-refractivity contribution in [2.75, 3.05) is 10.0 Å². The molecule has 0 unspecified atom stereocenters. The summed E-state index contributed by atoms with van der Waals surface area (Å²) in [6, 6.07) is 21.1. The maximum atomic E-state index is 12.8. The molecule has 8 heteroatoms. The number of carboxylic acids is 1. The molecule has 0 aliphatic rings. The van der Waals surface area contributed by atoms with Crippen LogP contribution in [0.25, 0.3) is 0 Å². The predicted octanol–water partition coefficient (Wildman–Crippen LogP) is 3.76. The van der Waals surface area contributed by atoms with Crippen molar-refractivity contribution >= 4 is 33.3 Å². The molecule has 3 aromatic rings. The Balaban J connectivity index is 1.78. The Morgan fingerprint density at radius 3 is 2.13 bits per heavy atom. The molecular weight excluding hydrogens is 404 g/mol. The van der Waals surface area contributed by atoms with Gasteiger partial charge >= 0.3 is 5.97 Å². The summed E-state index contributed by atoms with van der Waals surface area (Å²) in [6.07, 6.45) is 0.278.